The van der Waals surface area contributed by atoms with Gasteiger partial charge in [-0.15, -0.1) is 0 Å². The molecule has 0 heterocycles. The Morgan fingerprint density at radius 3 is 2.73 bits per heavy atom. The molecule has 0 radical (unpaired) electrons. The van der Waals surface area contributed by atoms with Crippen LogP contribution in [-0.4, -0.2) is 17.2 Å². The van der Waals surface area contributed by atoms with E-state index in [1.807, 2.05) is 13.8 Å². The second-order valence-corrected chi connectivity index (χ2v) is 3.47. The van der Waals surface area contributed by atoms with Crippen molar-refractivity contribution < 1.29 is 19.0 Å². The molecule has 1 aromatic carbocycles. The Labute approximate surface area is 87.5 Å². The van der Waals surface area contributed by atoms with Crippen molar-refractivity contribution in [1.29, 1.82) is 0 Å². The summed E-state index contributed by atoms with van der Waals surface area (Å²) in [5.41, 5.74) is 0.438. The molecule has 0 amide bonds. The van der Waals surface area contributed by atoms with Gasteiger partial charge in [0.05, 0.1) is 18.3 Å². The van der Waals surface area contributed by atoms with Gasteiger partial charge in [-0.05, 0) is 37.6 Å². The highest BCUT2D eigenvalue weighted by Gasteiger charge is 2.11. The highest BCUT2D eigenvalue weighted by Crippen LogP contribution is 2.13. The van der Waals surface area contributed by atoms with Crippen LogP contribution in [0.15, 0.2) is 18.2 Å². The lowest BCUT2D eigenvalue weighted by Gasteiger charge is -2.09. The Hall–Kier alpha value is -1.42. The van der Waals surface area contributed by atoms with E-state index in [1.165, 1.54) is 12.1 Å². The van der Waals surface area contributed by atoms with E-state index in [4.69, 9.17) is 9.84 Å². The molecule has 0 saturated heterocycles. The fraction of sp³-hybridized carbons (Fsp3) is 0.364. The van der Waals surface area contributed by atoms with E-state index in [1.54, 1.807) is 0 Å². The van der Waals surface area contributed by atoms with E-state index in [9.17, 15) is 9.18 Å². The molecular weight excluding hydrogens is 199 g/mol. The van der Waals surface area contributed by atoms with Crippen LogP contribution >= 0.6 is 0 Å². The van der Waals surface area contributed by atoms with Crippen molar-refractivity contribution in [3.8, 4) is 0 Å². The second kappa shape index (κ2) is 4.89. The van der Waals surface area contributed by atoms with Crippen LogP contribution < -0.4 is 0 Å². The maximum absolute atomic E-state index is 12.9. The lowest BCUT2D eigenvalue weighted by molar-refractivity contribution is 0.0605. The van der Waals surface area contributed by atoms with Crippen molar-refractivity contribution in [1.82, 2.24) is 0 Å². The Morgan fingerprint density at radius 2 is 2.20 bits per heavy atom. The van der Waals surface area contributed by atoms with E-state index in [2.05, 4.69) is 0 Å². The van der Waals surface area contributed by atoms with Crippen molar-refractivity contribution in [2.75, 3.05) is 0 Å². The summed E-state index contributed by atoms with van der Waals surface area (Å²) < 4.78 is 18.1. The summed E-state index contributed by atoms with van der Waals surface area (Å²) in [5.74, 6) is -1.53. The topological polar surface area (TPSA) is 46.5 Å². The SMILES string of the molecule is CC(C)OCc1cc(F)ccc1C(=O)O. The minimum Gasteiger partial charge on any atom is -0.478 e. The molecule has 1 aromatic rings. The van der Waals surface area contributed by atoms with Crippen LogP contribution in [-0.2, 0) is 11.3 Å². The molecule has 0 fully saturated rings. The summed E-state index contributed by atoms with van der Waals surface area (Å²) in [6.45, 7) is 3.77. The standard InChI is InChI=1S/C11H13FO3/c1-7(2)15-6-8-5-9(12)3-4-10(8)11(13)14/h3-5,7H,6H2,1-2H3,(H,13,14). The van der Waals surface area contributed by atoms with Crippen LogP contribution in [0.3, 0.4) is 0 Å². The van der Waals surface area contributed by atoms with E-state index < -0.39 is 11.8 Å². The number of carboxylic acids is 1. The van der Waals surface area contributed by atoms with E-state index in [0.717, 1.165) is 6.07 Å². The molecule has 0 atom stereocenters. The number of carboxylic acid groups (broad SMARTS) is 1. The molecule has 0 aliphatic carbocycles. The number of ether oxygens (including phenoxy) is 1. The van der Waals surface area contributed by atoms with E-state index in [0.29, 0.717) is 5.56 Å². The Morgan fingerprint density at radius 1 is 1.53 bits per heavy atom. The van der Waals surface area contributed by atoms with Crippen LogP contribution in [0.2, 0.25) is 0 Å². The predicted molar refractivity (Wildman–Crippen MR) is 53.3 cm³/mol. The number of rotatable bonds is 4. The minimum absolute atomic E-state index is 0.0186. The van der Waals surface area contributed by atoms with Gasteiger partial charge in [-0.2, -0.15) is 0 Å². The number of hydrogen-bond donors (Lipinski definition) is 1. The smallest absolute Gasteiger partial charge is 0.336 e. The summed E-state index contributed by atoms with van der Waals surface area (Å²) >= 11 is 0. The molecule has 0 unspecified atom stereocenters. The van der Waals surface area contributed by atoms with Crippen LogP contribution in [0.1, 0.15) is 29.8 Å². The highest BCUT2D eigenvalue weighted by atomic mass is 19.1. The third kappa shape index (κ3) is 3.32. The molecule has 1 rings (SSSR count). The highest BCUT2D eigenvalue weighted by molar-refractivity contribution is 5.89. The van der Waals surface area contributed by atoms with E-state index in [-0.39, 0.29) is 18.3 Å². The summed E-state index contributed by atoms with van der Waals surface area (Å²) in [5, 5.41) is 8.84. The van der Waals surface area contributed by atoms with Crippen molar-refractivity contribution in [2.45, 2.75) is 26.6 Å². The lowest BCUT2D eigenvalue weighted by Crippen LogP contribution is -2.08. The zero-order valence-corrected chi connectivity index (χ0v) is 8.66. The van der Waals surface area contributed by atoms with Gasteiger partial charge in [0.2, 0.25) is 0 Å². The van der Waals surface area contributed by atoms with Crippen molar-refractivity contribution in [2.24, 2.45) is 0 Å². The molecule has 1 N–H and O–H groups in total. The second-order valence-electron chi connectivity index (χ2n) is 3.47. The predicted octanol–water partition coefficient (Wildman–Crippen LogP) is 2.45. The Balaban J connectivity index is 2.92. The van der Waals surface area contributed by atoms with Crippen molar-refractivity contribution in [3.05, 3.63) is 35.1 Å². The number of benzene rings is 1. The Kier molecular flexibility index (Phi) is 3.80. The monoisotopic (exact) mass is 212 g/mol. The summed E-state index contributed by atoms with van der Waals surface area (Å²) in [7, 11) is 0. The van der Waals surface area contributed by atoms with E-state index >= 15 is 0 Å². The quantitative estimate of drug-likeness (QED) is 0.833. The van der Waals surface area contributed by atoms with Gasteiger partial charge in [0.1, 0.15) is 5.82 Å². The van der Waals surface area contributed by atoms with Gasteiger partial charge < -0.3 is 9.84 Å². The first-order valence-electron chi connectivity index (χ1n) is 4.64. The van der Waals surface area contributed by atoms with Crippen LogP contribution in [0.5, 0.6) is 0 Å². The van der Waals surface area contributed by atoms with Crippen LogP contribution in [0.4, 0.5) is 4.39 Å². The third-order valence-electron chi connectivity index (χ3n) is 1.87. The molecule has 0 aliphatic heterocycles. The first kappa shape index (κ1) is 11.7. The maximum Gasteiger partial charge on any atom is 0.336 e. The summed E-state index contributed by atoms with van der Waals surface area (Å²) in [4.78, 5) is 10.8. The third-order valence-corrected chi connectivity index (χ3v) is 1.87. The van der Waals surface area contributed by atoms with Gasteiger partial charge in [-0.1, -0.05) is 0 Å². The fourth-order valence-electron chi connectivity index (χ4n) is 1.15. The lowest BCUT2D eigenvalue weighted by atomic mass is 10.1. The molecule has 82 valence electrons. The van der Waals surface area contributed by atoms with Gasteiger partial charge in [0.25, 0.3) is 0 Å². The average Bonchev–Trinajstić information content (AvgIpc) is 2.14. The number of aromatic carboxylic acids is 1. The van der Waals surface area contributed by atoms with Crippen LogP contribution in [0.25, 0.3) is 0 Å². The Bertz CT molecular complexity index is 361. The van der Waals surface area contributed by atoms with Gasteiger partial charge >= 0.3 is 5.97 Å². The maximum atomic E-state index is 12.9. The molecule has 0 saturated carbocycles. The molecule has 0 spiro atoms. The summed E-state index contributed by atoms with van der Waals surface area (Å²) in [6.07, 6.45) is -0.0186. The van der Waals surface area contributed by atoms with Crippen molar-refractivity contribution in [3.63, 3.8) is 0 Å². The first-order valence-corrected chi connectivity index (χ1v) is 4.64. The molecular formula is C11H13FO3. The summed E-state index contributed by atoms with van der Waals surface area (Å²) in [6, 6.07) is 3.56. The largest absolute Gasteiger partial charge is 0.478 e. The number of carbonyl (C=O) groups is 1. The molecule has 0 aromatic heterocycles. The normalized spacial score (nSPS) is 10.7. The molecule has 15 heavy (non-hydrogen) atoms. The van der Waals surface area contributed by atoms with Gasteiger partial charge in [-0.3, -0.25) is 0 Å². The molecule has 3 nitrogen and oxygen atoms in total. The molecule has 4 heteroatoms. The van der Waals surface area contributed by atoms with Gasteiger partial charge in [-0.25, -0.2) is 9.18 Å². The van der Waals surface area contributed by atoms with Crippen molar-refractivity contribution >= 4 is 5.97 Å². The fourth-order valence-corrected chi connectivity index (χ4v) is 1.15. The zero-order chi connectivity index (χ0) is 11.4. The average molecular weight is 212 g/mol. The van der Waals surface area contributed by atoms with Crippen LogP contribution in [0, 0.1) is 5.82 Å². The molecule has 0 bridgehead atoms. The zero-order valence-electron chi connectivity index (χ0n) is 8.66. The first-order chi connectivity index (χ1) is 7.00. The number of halogens is 1. The van der Waals surface area contributed by atoms with Gasteiger partial charge in [0, 0.05) is 0 Å². The molecule has 0 aliphatic rings. The minimum atomic E-state index is -1.07. The van der Waals surface area contributed by atoms with Gasteiger partial charge in [0.15, 0.2) is 0 Å². The number of hydrogen-bond acceptors (Lipinski definition) is 2.